The van der Waals surface area contributed by atoms with E-state index in [-0.39, 0.29) is 5.91 Å². The van der Waals surface area contributed by atoms with E-state index in [4.69, 9.17) is 0 Å². The molecule has 5 nitrogen and oxygen atoms in total. The molecule has 0 unspecified atom stereocenters. The quantitative estimate of drug-likeness (QED) is 0.705. The molecule has 112 valence electrons. The Morgan fingerprint density at radius 3 is 3.05 bits per heavy atom. The van der Waals surface area contributed by atoms with Crippen LogP contribution in [-0.4, -0.2) is 26.6 Å². The molecule has 0 spiro atoms. The van der Waals surface area contributed by atoms with Gasteiger partial charge in [-0.1, -0.05) is 6.92 Å². The number of rotatable bonds is 5. The van der Waals surface area contributed by atoms with Crippen molar-refractivity contribution in [2.24, 2.45) is 0 Å². The number of anilines is 1. The first kappa shape index (κ1) is 14.6. The van der Waals surface area contributed by atoms with Gasteiger partial charge in [0, 0.05) is 17.3 Å². The highest BCUT2D eigenvalue weighted by molar-refractivity contribution is 7.99. The minimum absolute atomic E-state index is 0.229. The molecule has 1 amide bonds. The molecule has 0 atom stereocenters. The zero-order chi connectivity index (χ0) is 15.4. The molecule has 2 heterocycles. The fourth-order valence-electron chi connectivity index (χ4n) is 2.03. The van der Waals surface area contributed by atoms with Crippen molar-refractivity contribution in [2.75, 3.05) is 11.1 Å². The molecule has 0 aliphatic heterocycles. The van der Waals surface area contributed by atoms with Crippen molar-refractivity contribution in [2.45, 2.75) is 18.2 Å². The van der Waals surface area contributed by atoms with Crippen molar-refractivity contribution in [1.82, 2.24) is 15.0 Å². The number of thioether (sulfide) groups is 1. The van der Waals surface area contributed by atoms with E-state index in [1.165, 1.54) is 11.1 Å². The lowest BCUT2D eigenvalue weighted by atomic mass is 10.3. The summed E-state index contributed by atoms with van der Waals surface area (Å²) in [6.07, 6.45) is 4.29. The van der Waals surface area contributed by atoms with Gasteiger partial charge in [0.2, 0.25) is 5.95 Å². The van der Waals surface area contributed by atoms with Crippen LogP contribution in [0.3, 0.4) is 0 Å². The number of H-pyrrole nitrogens is 1. The summed E-state index contributed by atoms with van der Waals surface area (Å²) >= 11 is 1.81. The van der Waals surface area contributed by atoms with Crippen molar-refractivity contribution in [3.63, 3.8) is 0 Å². The SMILES string of the molecule is CCCSc1ccc2[nH]c(NC(=O)c3cccnc3)nc2c1. The summed E-state index contributed by atoms with van der Waals surface area (Å²) in [5.41, 5.74) is 2.26. The van der Waals surface area contributed by atoms with Gasteiger partial charge in [0.05, 0.1) is 16.6 Å². The van der Waals surface area contributed by atoms with E-state index >= 15 is 0 Å². The summed E-state index contributed by atoms with van der Waals surface area (Å²) in [7, 11) is 0. The number of fused-ring (bicyclic) bond motifs is 1. The number of benzene rings is 1. The molecule has 1 aromatic carbocycles. The maximum atomic E-state index is 12.1. The number of aromatic amines is 1. The van der Waals surface area contributed by atoms with Crippen LogP contribution in [0.5, 0.6) is 0 Å². The van der Waals surface area contributed by atoms with Gasteiger partial charge in [-0.25, -0.2) is 4.98 Å². The third kappa shape index (κ3) is 3.28. The molecule has 22 heavy (non-hydrogen) atoms. The summed E-state index contributed by atoms with van der Waals surface area (Å²) in [6.45, 7) is 2.16. The van der Waals surface area contributed by atoms with E-state index in [9.17, 15) is 4.79 Å². The Labute approximate surface area is 132 Å². The van der Waals surface area contributed by atoms with Crippen LogP contribution in [0.2, 0.25) is 0 Å². The molecule has 6 heteroatoms. The van der Waals surface area contributed by atoms with Crippen LogP contribution < -0.4 is 5.32 Å². The predicted molar refractivity (Wildman–Crippen MR) is 89.3 cm³/mol. The second-order valence-electron chi connectivity index (χ2n) is 4.81. The van der Waals surface area contributed by atoms with E-state index in [1.807, 2.05) is 12.1 Å². The molecule has 0 aliphatic carbocycles. The normalized spacial score (nSPS) is 10.8. The average Bonchev–Trinajstić information content (AvgIpc) is 2.95. The Morgan fingerprint density at radius 1 is 1.36 bits per heavy atom. The minimum Gasteiger partial charge on any atom is -0.324 e. The minimum atomic E-state index is -0.229. The number of carbonyl (C=O) groups excluding carboxylic acids is 1. The van der Waals surface area contributed by atoms with Crippen LogP contribution in [0.4, 0.5) is 5.95 Å². The fraction of sp³-hybridized carbons (Fsp3) is 0.188. The van der Waals surface area contributed by atoms with Gasteiger partial charge in [-0.2, -0.15) is 0 Å². The van der Waals surface area contributed by atoms with Crippen molar-refractivity contribution < 1.29 is 4.79 Å². The van der Waals surface area contributed by atoms with Gasteiger partial charge in [0.1, 0.15) is 0 Å². The Morgan fingerprint density at radius 2 is 2.27 bits per heavy atom. The molecule has 3 rings (SSSR count). The molecule has 2 aromatic heterocycles. The van der Waals surface area contributed by atoms with Crippen LogP contribution in [-0.2, 0) is 0 Å². The average molecular weight is 312 g/mol. The number of carbonyl (C=O) groups is 1. The zero-order valence-corrected chi connectivity index (χ0v) is 13.0. The van der Waals surface area contributed by atoms with Gasteiger partial charge >= 0.3 is 0 Å². The number of nitrogens with one attached hydrogen (secondary N) is 2. The van der Waals surface area contributed by atoms with Crippen LogP contribution in [0.25, 0.3) is 11.0 Å². The molecular weight excluding hydrogens is 296 g/mol. The highest BCUT2D eigenvalue weighted by Gasteiger charge is 2.09. The third-order valence-corrected chi connectivity index (χ3v) is 4.28. The molecule has 0 radical (unpaired) electrons. The van der Waals surface area contributed by atoms with E-state index < -0.39 is 0 Å². The summed E-state index contributed by atoms with van der Waals surface area (Å²) in [5.74, 6) is 1.30. The van der Waals surface area contributed by atoms with Crippen molar-refractivity contribution in [3.05, 3.63) is 48.3 Å². The second-order valence-corrected chi connectivity index (χ2v) is 5.98. The molecule has 2 N–H and O–H groups in total. The Bertz CT molecular complexity index is 785. The van der Waals surface area contributed by atoms with Gasteiger partial charge in [0.15, 0.2) is 0 Å². The fourth-order valence-corrected chi connectivity index (χ4v) is 2.83. The molecule has 0 saturated heterocycles. The first-order valence-electron chi connectivity index (χ1n) is 7.10. The Balaban J connectivity index is 1.78. The van der Waals surface area contributed by atoms with Crippen LogP contribution in [0, 0.1) is 0 Å². The van der Waals surface area contributed by atoms with Crippen LogP contribution in [0.1, 0.15) is 23.7 Å². The maximum Gasteiger partial charge on any atom is 0.259 e. The number of imidazole rings is 1. The van der Waals surface area contributed by atoms with Crippen LogP contribution >= 0.6 is 11.8 Å². The van der Waals surface area contributed by atoms with Gasteiger partial charge in [0.25, 0.3) is 5.91 Å². The van der Waals surface area contributed by atoms with E-state index in [1.54, 1.807) is 30.1 Å². The molecule has 3 aromatic rings. The van der Waals surface area contributed by atoms with E-state index in [0.717, 1.165) is 23.2 Å². The summed E-state index contributed by atoms with van der Waals surface area (Å²) < 4.78 is 0. The van der Waals surface area contributed by atoms with Gasteiger partial charge in [-0.3, -0.25) is 15.1 Å². The van der Waals surface area contributed by atoms with E-state index in [2.05, 4.69) is 33.3 Å². The molecule has 0 fully saturated rings. The largest absolute Gasteiger partial charge is 0.324 e. The monoisotopic (exact) mass is 312 g/mol. The molecule has 0 bridgehead atoms. The summed E-state index contributed by atoms with van der Waals surface area (Å²) in [5, 5.41) is 2.76. The first-order valence-corrected chi connectivity index (χ1v) is 8.09. The topological polar surface area (TPSA) is 70.7 Å². The molecular formula is C16H16N4OS. The Kier molecular flexibility index (Phi) is 4.39. The number of amides is 1. The van der Waals surface area contributed by atoms with Gasteiger partial charge < -0.3 is 4.98 Å². The lowest BCUT2D eigenvalue weighted by Gasteiger charge is -2.00. The standard InChI is InChI=1S/C16H16N4OS/c1-2-8-22-12-5-6-13-14(9-12)19-16(18-13)20-15(21)11-4-3-7-17-10-11/h3-7,9-10H,2,8H2,1H3,(H2,18,19,20,21). The summed E-state index contributed by atoms with van der Waals surface area (Å²) in [4.78, 5) is 24.7. The zero-order valence-electron chi connectivity index (χ0n) is 12.2. The lowest BCUT2D eigenvalue weighted by Crippen LogP contribution is -2.12. The predicted octanol–water partition coefficient (Wildman–Crippen LogP) is 3.71. The van der Waals surface area contributed by atoms with Gasteiger partial charge in [-0.15, -0.1) is 11.8 Å². The Hall–Kier alpha value is -2.34. The number of nitrogens with zero attached hydrogens (tertiary/aromatic N) is 2. The number of hydrogen-bond acceptors (Lipinski definition) is 4. The molecule has 0 saturated carbocycles. The highest BCUT2D eigenvalue weighted by Crippen LogP contribution is 2.24. The van der Waals surface area contributed by atoms with Crippen molar-refractivity contribution >= 4 is 34.7 Å². The number of pyridine rings is 1. The third-order valence-electron chi connectivity index (χ3n) is 3.08. The first-order chi connectivity index (χ1) is 10.8. The van der Waals surface area contributed by atoms with Crippen molar-refractivity contribution in [1.29, 1.82) is 0 Å². The number of hydrogen-bond donors (Lipinski definition) is 2. The molecule has 0 aliphatic rings. The van der Waals surface area contributed by atoms with Gasteiger partial charge in [-0.05, 0) is 42.5 Å². The van der Waals surface area contributed by atoms with E-state index in [0.29, 0.717) is 11.5 Å². The second kappa shape index (κ2) is 6.62. The lowest BCUT2D eigenvalue weighted by molar-refractivity contribution is 0.102. The maximum absolute atomic E-state index is 12.1. The number of aromatic nitrogens is 3. The summed E-state index contributed by atoms with van der Waals surface area (Å²) in [6, 6.07) is 9.52. The highest BCUT2D eigenvalue weighted by atomic mass is 32.2. The van der Waals surface area contributed by atoms with Crippen LogP contribution in [0.15, 0.2) is 47.6 Å². The smallest absolute Gasteiger partial charge is 0.259 e. The van der Waals surface area contributed by atoms with Crippen molar-refractivity contribution in [3.8, 4) is 0 Å².